The van der Waals surface area contributed by atoms with Crippen LogP contribution in [0.25, 0.3) is 22.4 Å². The molecular weight excluding hydrogens is 388 g/mol. The van der Waals surface area contributed by atoms with Gasteiger partial charge in [0.1, 0.15) is 11.3 Å². The highest BCUT2D eigenvalue weighted by Crippen LogP contribution is 2.32. The van der Waals surface area contributed by atoms with Crippen LogP contribution in [0.2, 0.25) is 0 Å². The van der Waals surface area contributed by atoms with Gasteiger partial charge in [-0.25, -0.2) is 4.79 Å². The van der Waals surface area contributed by atoms with E-state index in [0.717, 1.165) is 41.5 Å². The number of ether oxygens (including phenoxy) is 1. The molecule has 2 aromatic heterocycles. The Kier molecular flexibility index (Phi) is 4.60. The molecule has 2 aromatic carbocycles. The second-order valence-corrected chi connectivity index (χ2v) is 7.88. The van der Waals surface area contributed by atoms with Crippen molar-refractivity contribution in [1.82, 2.24) is 10.2 Å². The highest BCUT2D eigenvalue weighted by atomic mass is 32.2. The predicted octanol–water partition coefficient (Wildman–Crippen LogP) is 4.63. The number of aryl methyl sites for hydroxylation is 2. The molecule has 0 spiro atoms. The van der Waals surface area contributed by atoms with Gasteiger partial charge < -0.3 is 13.6 Å². The second-order valence-electron chi connectivity index (χ2n) is 6.95. The summed E-state index contributed by atoms with van der Waals surface area (Å²) in [6, 6.07) is 13.2. The molecule has 0 amide bonds. The molecule has 1 aliphatic carbocycles. The summed E-state index contributed by atoms with van der Waals surface area (Å²) in [6.45, 7) is 0. The van der Waals surface area contributed by atoms with E-state index in [1.807, 2.05) is 30.3 Å². The van der Waals surface area contributed by atoms with Gasteiger partial charge in [-0.3, -0.25) is 0 Å². The molecular formula is C22H18N2O4S. The molecule has 5 rings (SSSR count). The van der Waals surface area contributed by atoms with Crippen molar-refractivity contribution in [3.8, 4) is 17.2 Å². The number of fused-ring (bicyclic) bond motifs is 2. The number of nitrogens with zero attached hydrogens (tertiary/aromatic N) is 2. The van der Waals surface area contributed by atoms with Gasteiger partial charge in [0.2, 0.25) is 5.89 Å². The predicted molar refractivity (Wildman–Crippen MR) is 110 cm³/mol. The minimum atomic E-state index is -0.338. The monoisotopic (exact) mass is 406 g/mol. The molecule has 0 N–H and O–H groups in total. The van der Waals surface area contributed by atoms with Gasteiger partial charge >= 0.3 is 5.63 Å². The third-order valence-electron chi connectivity index (χ3n) is 5.14. The van der Waals surface area contributed by atoms with E-state index in [4.69, 9.17) is 13.6 Å². The maximum Gasteiger partial charge on any atom is 0.336 e. The summed E-state index contributed by atoms with van der Waals surface area (Å²) in [7, 11) is 1.62. The first-order valence-electron chi connectivity index (χ1n) is 9.39. The summed E-state index contributed by atoms with van der Waals surface area (Å²) < 4.78 is 16.4. The Morgan fingerprint density at radius 3 is 2.62 bits per heavy atom. The summed E-state index contributed by atoms with van der Waals surface area (Å²) in [5.74, 6) is 1.76. The minimum absolute atomic E-state index is 0.338. The Balaban J connectivity index is 1.39. The third-order valence-corrected chi connectivity index (χ3v) is 6.00. The molecule has 0 unspecified atom stereocenters. The standard InChI is InChI=1S/C22H18N2O4S/c1-26-17-7-5-13(6-8-17)21-23-24-22(28-21)29-12-16-11-20(25)27-19-10-15-4-2-3-14(15)9-18(16)19/h5-11H,2-4,12H2,1H3. The van der Waals surface area contributed by atoms with Gasteiger partial charge in [-0.05, 0) is 72.4 Å². The normalized spacial score (nSPS) is 13.0. The number of rotatable bonds is 5. The van der Waals surface area contributed by atoms with Gasteiger partial charge in [-0.15, -0.1) is 10.2 Å². The number of thioether (sulfide) groups is 1. The Bertz CT molecular complexity index is 1240. The molecule has 0 saturated carbocycles. The van der Waals surface area contributed by atoms with Crippen molar-refractivity contribution in [2.45, 2.75) is 30.2 Å². The molecule has 0 atom stereocenters. The van der Waals surface area contributed by atoms with E-state index >= 15 is 0 Å². The van der Waals surface area contributed by atoms with Crippen LogP contribution in [0.5, 0.6) is 5.75 Å². The average molecular weight is 406 g/mol. The maximum atomic E-state index is 12.0. The van der Waals surface area contributed by atoms with Gasteiger partial charge in [0, 0.05) is 22.8 Å². The molecule has 146 valence electrons. The van der Waals surface area contributed by atoms with Gasteiger partial charge in [-0.2, -0.15) is 0 Å². The van der Waals surface area contributed by atoms with Gasteiger partial charge in [0.15, 0.2) is 0 Å². The highest BCUT2D eigenvalue weighted by molar-refractivity contribution is 7.98. The lowest BCUT2D eigenvalue weighted by atomic mass is 10.0. The van der Waals surface area contributed by atoms with Gasteiger partial charge in [0.25, 0.3) is 5.22 Å². The molecule has 0 fully saturated rings. The Hall–Kier alpha value is -3.06. The quantitative estimate of drug-likeness (QED) is 0.353. The van der Waals surface area contributed by atoms with E-state index in [0.29, 0.717) is 22.4 Å². The van der Waals surface area contributed by atoms with Gasteiger partial charge in [0.05, 0.1) is 7.11 Å². The average Bonchev–Trinajstić information content (AvgIpc) is 3.39. The van der Waals surface area contributed by atoms with Crippen molar-refractivity contribution in [2.75, 3.05) is 7.11 Å². The Morgan fingerprint density at radius 2 is 1.83 bits per heavy atom. The van der Waals surface area contributed by atoms with Crippen molar-refractivity contribution in [3.63, 3.8) is 0 Å². The molecule has 0 aliphatic heterocycles. The number of aromatic nitrogens is 2. The summed E-state index contributed by atoms with van der Waals surface area (Å²) in [6.07, 6.45) is 3.27. The Morgan fingerprint density at radius 1 is 1.03 bits per heavy atom. The van der Waals surface area contributed by atoms with Crippen LogP contribution in [0, 0.1) is 0 Å². The van der Waals surface area contributed by atoms with Crippen LogP contribution < -0.4 is 10.4 Å². The summed E-state index contributed by atoms with van der Waals surface area (Å²) in [5, 5.41) is 9.68. The topological polar surface area (TPSA) is 78.4 Å². The van der Waals surface area contributed by atoms with Crippen LogP contribution in [-0.4, -0.2) is 17.3 Å². The largest absolute Gasteiger partial charge is 0.497 e. The molecule has 1 aliphatic rings. The number of hydrogen-bond acceptors (Lipinski definition) is 7. The number of hydrogen-bond donors (Lipinski definition) is 0. The van der Waals surface area contributed by atoms with Crippen molar-refractivity contribution < 1.29 is 13.6 Å². The number of methoxy groups -OCH3 is 1. The van der Waals surface area contributed by atoms with Crippen LogP contribution in [0.4, 0.5) is 0 Å². The molecule has 0 saturated heterocycles. The first-order chi connectivity index (χ1) is 14.2. The molecule has 29 heavy (non-hydrogen) atoms. The van der Waals surface area contributed by atoms with Crippen LogP contribution in [-0.2, 0) is 18.6 Å². The fourth-order valence-corrected chi connectivity index (χ4v) is 4.43. The summed E-state index contributed by atoms with van der Waals surface area (Å²) in [5.41, 5.74) is 4.68. The third kappa shape index (κ3) is 3.53. The van der Waals surface area contributed by atoms with Crippen LogP contribution in [0.1, 0.15) is 23.1 Å². The van der Waals surface area contributed by atoms with Crippen molar-refractivity contribution >= 4 is 22.7 Å². The first kappa shape index (κ1) is 18.0. The zero-order valence-electron chi connectivity index (χ0n) is 15.8. The fourth-order valence-electron chi connectivity index (χ4n) is 3.67. The minimum Gasteiger partial charge on any atom is -0.497 e. The van der Waals surface area contributed by atoms with Crippen molar-refractivity contribution in [3.05, 3.63) is 69.6 Å². The fraction of sp³-hybridized carbons (Fsp3) is 0.227. The molecule has 0 radical (unpaired) electrons. The molecule has 4 aromatic rings. The maximum absolute atomic E-state index is 12.0. The lowest BCUT2D eigenvalue weighted by Crippen LogP contribution is -2.01. The summed E-state index contributed by atoms with van der Waals surface area (Å²) in [4.78, 5) is 12.0. The molecule has 7 heteroatoms. The van der Waals surface area contributed by atoms with E-state index in [1.165, 1.54) is 22.9 Å². The molecule has 0 bridgehead atoms. The Labute approximate surface area is 170 Å². The second kappa shape index (κ2) is 7.40. The van der Waals surface area contributed by atoms with Crippen molar-refractivity contribution in [2.24, 2.45) is 0 Å². The van der Waals surface area contributed by atoms with E-state index in [2.05, 4.69) is 16.3 Å². The highest BCUT2D eigenvalue weighted by Gasteiger charge is 2.16. The van der Waals surface area contributed by atoms with E-state index in [9.17, 15) is 4.79 Å². The van der Waals surface area contributed by atoms with Crippen molar-refractivity contribution in [1.29, 1.82) is 0 Å². The van der Waals surface area contributed by atoms with E-state index in [1.54, 1.807) is 13.2 Å². The first-order valence-corrected chi connectivity index (χ1v) is 10.4. The smallest absolute Gasteiger partial charge is 0.336 e. The van der Waals surface area contributed by atoms with Crippen LogP contribution in [0.3, 0.4) is 0 Å². The van der Waals surface area contributed by atoms with E-state index < -0.39 is 0 Å². The molecule has 2 heterocycles. The van der Waals surface area contributed by atoms with Crippen LogP contribution >= 0.6 is 11.8 Å². The van der Waals surface area contributed by atoms with Gasteiger partial charge in [-0.1, -0.05) is 11.8 Å². The zero-order chi connectivity index (χ0) is 19.8. The zero-order valence-corrected chi connectivity index (χ0v) is 16.6. The van der Waals surface area contributed by atoms with Crippen LogP contribution in [0.15, 0.2) is 61.3 Å². The number of benzene rings is 2. The summed E-state index contributed by atoms with van der Waals surface area (Å²) >= 11 is 1.41. The lowest BCUT2D eigenvalue weighted by Gasteiger charge is -2.07. The van der Waals surface area contributed by atoms with E-state index in [-0.39, 0.29) is 5.63 Å². The lowest BCUT2D eigenvalue weighted by molar-refractivity contribution is 0.414. The SMILES string of the molecule is COc1ccc(-c2nnc(SCc3cc(=O)oc4cc5c(cc34)CCC5)o2)cc1. The molecule has 6 nitrogen and oxygen atoms in total.